The van der Waals surface area contributed by atoms with Crippen molar-refractivity contribution in [2.24, 2.45) is 11.8 Å². The van der Waals surface area contributed by atoms with Gasteiger partial charge in [-0.05, 0) is 24.7 Å². The van der Waals surface area contributed by atoms with Crippen molar-refractivity contribution in [1.82, 2.24) is 0 Å². The van der Waals surface area contributed by atoms with Gasteiger partial charge >= 0.3 is 5.97 Å². The summed E-state index contributed by atoms with van der Waals surface area (Å²) >= 11 is 0. The molecule has 2 fully saturated rings. The van der Waals surface area contributed by atoms with E-state index in [1.54, 1.807) is 0 Å². The van der Waals surface area contributed by atoms with Crippen molar-refractivity contribution in [3.63, 3.8) is 0 Å². The van der Waals surface area contributed by atoms with Gasteiger partial charge in [-0.3, -0.25) is 4.79 Å². The molecule has 1 aliphatic heterocycles. The second kappa shape index (κ2) is 3.46. The number of hydrogen-bond acceptors (Lipinski definition) is 2. The van der Waals surface area contributed by atoms with Crippen LogP contribution in [0.2, 0.25) is 0 Å². The first-order valence-electron chi connectivity index (χ1n) is 5.02. The first-order valence-corrected chi connectivity index (χ1v) is 5.02. The van der Waals surface area contributed by atoms with E-state index in [0.717, 1.165) is 12.3 Å². The van der Waals surface area contributed by atoms with Crippen molar-refractivity contribution in [3.05, 3.63) is 0 Å². The van der Waals surface area contributed by atoms with Crippen LogP contribution in [0.3, 0.4) is 0 Å². The third-order valence-electron chi connectivity index (χ3n) is 3.25. The fourth-order valence-corrected chi connectivity index (χ4v) is 2.53. The number of esters is 1. The van der Waals surface area contributed by atoms with E-state index < -0.39 is 0 Å². The molecule has 2 nitrogen and oxygen atoms in total. The molecule has 0 N–H and O–H groups in total. The first kappa shape index (κ1) is 8.09. The van der Waals surface area contributed by atoms with Crippen LogP contribution < -0.4 is 0 Å². The summed E-state index contributed by atoms with van der Waals surface area (Å²) in [5, 5.41) is 0. The lowest BCUT2D eigenvalue weighted by molar-refractivity contribution is -0.143. The van der Waals surface area contributed by atoms with Crippen molar-refractivity contribution in [1.29, 1.82) is 0 Å². The van der Waals surface area contributed by atoms with Gasteiger partial charge in [-0.25, -0.2) is 0 Å². The molecule has 0 amide bonds. The van der Waals surface area contributed by atoms with Gasteiger partial charge in [0.1, 0.15) is 0 Å². The van der Waals surface area contributed by atoms with Crippen LogP contribution in [0.15, 0.2) is 0 Å². The standard InChI is InChI=1S/C10H16O2/c11-10-7-9-4-2-1-3-8(9)5-6-12-10/h8-9H,1-7H2/t8-,9-/m1/s1. The van der Waals surface area contributed by atoms with Gasteiger partial charge in [0.05, 0.1) is 6.61 Å². The molecule has 0 aromatic heterocycles. The van der Waals surface area contributed by atoms with E-state index in [1.165, 1.54) is 25.7 Å². The Balaban J connectivity index is 2.01. The van der Waals surface area contributed by atoms with Crippen LogP contribution in [-0.4, -0.2) is 12.6 Å². The summed E-state index contributed by atoms with van der Waals surface area (Å²) in [6.07, 6.45) is 7.03. The van der Waals surface area contributed by atoms with Crippen molar-refractivity contribution < 1.29 is 9.53 Å². The molecular weight excluding hydrogens is 152 g/mol. The van der Waals surface area contributed by atoms with Gasteiger partial charge < -0.3 is 4.74 Å². The summed E-state index contributed by atoms with van der Waals surface area (Å²) in [5.41, 5.74) is 0. The van der Waals surface area contributed by atoms with E-state index in [4.69, 9.17) is 4.74 Å². The summed E-state index contributed by atoms with van der Waals surface area (Å²) in [7, 11) is 0. The Kier molecular flexibility index (Phi) is 2.33. The van der Waals surface area contributed by atoms with E-state index in [1.807, 2.05) is 0 Å². The van der Waals surface area contributed by atoms with Crippen LogP contribution >= 0.6 is 0 Å². The lowest BCUT2D eigenvalue weighted by atomic mass is 9.76. The van der Waals surface area contributed by atoms with Crippen molar-refractivity contribution in [3.8, 4) is 0 Å². The fraction of sp³-hybridized carbons (Fsp3) is 0.900. The minimum Gasteiger partial charge on any atom is -0.466 e. The molecule has 68 valence electrons. The second-order valence-corrected chi connectivity index (χ2v) is 4.02. The molecule has 2 atom stereocenters. The number of fused-ring (bicyclic) bond motifs is 1. The van der Waals surface area contributed by atoms with Gasteiger partial charge in [0, 0.05) is 6.42 Å². The molecule has 0 aromatic rings. The number of carbonyl (C=O) groups excluding carboxylic acids is 1. The number of rotatable bonds is 0. The summed E-state index contributed by atoms with van der Waals surface area (Å²) in [4.78, 5) is 11.1. The SMILES string of the molecule is O=C1C[C@H]2CCCC[C@@H]2CCO1. The lowest BCUT2D eigenvalue weighted by Crippen LogP contribution is -2.19. The van der Waals surface area contributed by atoms with Gasteiger partial charge in [0.2, 0.25) is 0 Å². The Morgan fingerprint density at radius 1 is 1.08 bits per heavy atom. The average Bonchev–Trinajstić information content (AvgIpc) is 2.25. The molecule has 0 aromatic carbocycles. The molecule has 2 rings (SSSR count). The lowest BCUT2D eigenvalue weighted by Gasteiger charge is -2.28. The van der Waals surface area contributed by atoms with Crippen molar-refractivity contribution in [2.45, 2.75) is 38.5 Å². The van der Waals surface area contributed by atoms with Gasteiger partial charge in [0.15, 0.2) is 0 Å². The highest BCUT2D eigenvalue weighted by Gasteiger charge is 2.29. The highest BCUT2D eigenvalue weighted by atomic mass is 16.5. The molecule has 0 bridgehead atoms. The summed E-state index contributed by atoms with van der Waals surface area (Å²) in [5.74, 6) is 1.46. The highest BCUT2D eigenvalue weighted by molar-refractivity contribution is 5.69. The maximum atomic E-state index is 11.1. The van der Waals surface area contributed by atoms with Gasteiger partial charge in [-0.15, -0.1) is 0 Å². The average molecular weight is 168 g/mol. The van der Waals surface area contributed by atoms with Crippen molar-refractivity contribution in [2.75, 3.05) is 6.61 Å². The molecular formula is C10H16O2. The maximum absolute atomic E-state index is 11.1. The molecule has 0 radical (unpaired) electrons. The zero-order valence-corrected chi connectivity index (χ0v) is 7.42. The molecule has 1 saturated heterocycles. The third kappa shape index (κ3) is 1.62. The van der Waals surface area contributed by atoms with E-state index in [9.17, 15) is 4.79 Å². The normalized spacial score (nSPS) is 36.5. The predicted molar refractivity (Wildman–Crippen MR) is 45.6 cm³/mol. The number of ether oxygens (including phenoxy) is 1. The Morgan fingerprint density at radius 2 is 1.83 bits per heavy atom. The van der Waals surface area contributed by atoms with E-state index in [-0.39, 0.29) is 5.97 Å². The quantitative estimate of drug-likeness (QED) is 0.518. The van der Waals surface area contributed by atoms with Crippen LogP contribution in [-0.2, 0) is 9.53 Å². The molecule has 1 saturated carbocycles. The van der Waals surface area contributed by atoms with Gasteiger partial charge in [-0.1, -0.05) is 19.3 Å². The molecule has 1 aliphatic carbocycles. The molecule has 1 heterocycles. The highest BCUT2D eigenvalue weighted by Crippen LogP contribution is 2.36. The van der Waals surface area contributed by atoms with Crippen LogP contribution in [0.1, 0.15) is 38.5 Å². The molecule has 12 heavy (non-hydrogen) atoms. The topological polar surface area (TPSA) is 26.3 Å². The maximum Gasteiger partial charge on any atom is 0.306 e. The van der Waals surface area contributed by atoms with Gasteiger partial charge in [-0.2, -0.15) is 0 Å². The fourth-order valence-electron chi connectivity index (χ4n) is 2.53. The minimum atomic E-state index is 0.0319. The van der Waals surface area contributed by atoms with Crippen LogP contribution in [0.25, 0.3) is 0 Å². The monoisotopic (exact) mass is 168 g/mol. The summed E-state index contributed by atoms with van der Waals surface area (Å²) in [6.45, 7) is 0.667. The Bertz CT molecular complexity index is 177. The molecule has 2 heteroatoms. The number of carbonyl (C=O) groups is 1. The third-order valence-corrected chi connectivity index (χ3v) is 3.25. The van der Waals surface area contributed by atoms with Crippen LogP contribution in [0.5, 0.6) is 0 Å². The smallest absolute Gasteiger partial charge is 0.306 e. The number of hydrogen-bond donors (Lipinski definition) is 0. The van der Waals surface area contributed by atoms with Gasteiger partial charge in [0.25, 0.3) is 0 Å². The Labute approximate surface area is 73.3 Å². The zero-order valence-electron chi connectivity index (χ0n) is 7.42. The van der Waals surface area contributed by atoms with E-state index >= 15 is 0 Å². The largest absolute Gasteiger partial charge is 0.466 e. The molecule has 0 unspecified atom stereocenters. The first-order chi connectivity index (χ1) is 5.86. The summed E-state index contributed by atoms with van der Waals surface area (Å²) in [6, 6.07) is 0. The van der Waals surface area contributed by atoms with Crippen LogP contribution in [0, 0.1) is 11.8 Å². The predicted octanol–water partition coefficient (Wildman–Crippen LogP) is 2.13. The van der Waals surface area contributed by atoms with E-state index in [2.05, 4.69) is 0 Å². The van der Waals surface area contributed by atoms with Crippen molar-refractivity contribution >= 4 is 5.97 Å². The second-order valence-electron chi connectivity index (χ2n) is 4.02. The zero-order chi connectivity index (χ0) is 8.39. The van der Waals surface area contributed by atoms with E-state index in [0.29, 0.717) is 18.9 Å². The summed E-state index contributed by atoms with van der Waals surface area (Å²) < 4.78 is 5.06. The molecule has 0 spiro atoms. The Morgan fingerprint density at radius 3 is 2.67 bits per heavy atom. The number of cyclic esters (lactones) is 1. The van der Waals surface area contributed by atoms with Crippen LogP contribution in [0.4, 0.5) is 0 Å². The minimum absolute atomic E-state index is 0.0319. The Hall–Kier alpha value is -0.530. The molecule has 2 aliphatic rings.